The highest BCUT2D eigenvalue weighted by Crippen LogP contribution is 2.27. The van der Waals surface area contributed by atoms with Gasteiger partial charge in [0.1, 0.15) is 5.70 Å². The molecule has 39 heavy (non-hydrogen) atoms. The lowest BCUT2D eigenvalue weighted by Crippen LogP contribution is -2.30. The van der Waals surface area contributed by atoms with Crippen LogP contribution in [0.3, 0.4) is 0 Å². The molecule has 0 fully saturated rings. The maximum absolute atomic E-state index is 13.2. The highest BCUT2D eigenvalue weighted by atomic mass is 35.5. The van der Waals surface area contributed by atoms with Gasteiger partial charge < -0.3 is 16.0 Å². The Morgan fingerprint density at radius 2 is 1.36 bits per heavy atom. The van der Waals surface area contributed by atoms with Crippen molar-refractivity contribution < 1.29 is 14.4 Å². The molecule has 0 unspecified atom stereocenters. The second kappa shape index (κ2) is 13.7. The summed E-state index contributed by atoms with van der Waals surface area (Å²) in [6.07, 6.45) is 1.47. The highest BCUT2D eigenvalue weighted by molar-refractivity contribution is 8.00. The number of carbonyl (C=O) groups excluding carboxylic acids is 3. The third-order valence-electron chi connectivity index (χ3n) is 5.35. The van der Waals surface area contributed by atoms with Crippen molar-refractivity contribution in [3.8, 4) is 0 Å². The fourth-order valence-corrected chi connectivity index (χ4v) is 4.49. The normalized spacial score (nSPS) is 11.0. The van der Waals surface area contributed by atoms with E-state index in [-0.39, 0.29) is 22.4 Å². The van der Waals surface area contributed by atoms with Crippen molar-refractivity contribution in [2.24, 2.45) is 0 Å². The Morgan fingerprint density at radius 1 is 0.718 bits per heavy atom. The van der Waals surface area contributed by atoms with Crippen LogP contribution in [0.15, 0.2) is 114 Å². The molecule has 0 bridgehead atoms. The van der Waals surface area contributed by atoms with E-state index in [0.29, 0.717) is 21.8 Å². The number of hydrogen-bond acceptors (Lipinski definition) is 4. The summed E-state index contributed by atoms with van der Waals surface area (Å²) in [6, 6.07) is 29.9. The maximum Gasteiger partial charge on any atom is 0.272 e. The Hall–Kier alpha value is -4.04. The number of amides is 3. The van der Waals surface area contributed by atoms with Crippen molar-refractivity contribution >= 4 is 70.1 Å². The van der Waals surface area contributed by atoms with Gasteiger partial charge >= 0.3 is 0 Å². The number of anilines is 2. The molecular formula is C30H23Cl2N3O3S. The van der Waals surface area contributed by atoms with Crippen molar-refractivity contribution in [3.05, 3.63) is 130 Å². The Labute approximate surface area is 240 Å². The molecular weight excluding hydrogens is 553 g/mol. The van der Waals surface area contributed by atoms with Gasteiger partial charge in [0, 0.05) is 21.8 Å². The van der Waals surface area contributed by atoms with Gasteiger partial charge in [-0.1, -0.05) is 71.7 Å². The molecule has 4 aromatic carbocycles. The predicted octanol–water partition coefficient (Wildman–Crippen LogP) is 7.13. The number of benzene rings is 4. The number of hydrogen-bond donors (Lipinski definition) is 3. The van der Waals surface area contributed by atoms with Crippen LogP contribution >= 0.6 is 35.0 Å². The van der Waals surface area contributed by atoms with Crippen molar-refractivity contribution in [2.45, 2.75) is 4.90 Å². The number of rotatable bonds is 9. The smallest absolute Gasteiger partial charge is 0.272 e. The van der Waals surface area contributed by atoms with Crippen LogP contribution in [0, 0.1) is 0 Å². The summed E-state index contributed by atoms with van der Waals surface area (Å²) in [5.74, 6) is -0.875. The van der Waals surface area contributed by atoms with Crippen LogP contribution in [0.1, 0.15) is 15.9 Å². The van der Waals surface area contributed by atoms with Gasteiger partial charge in [0.25, 0.3) is 11.8 Å². The number of halogens is 2. The van der Waals surface area contributed by atoms with E-state index in [4.69, 9.17) is 23.2 Å². The molecule has 0 atom stereocenters. The molecule has 6 nitrogen and oxygen atoms in total. The van der Waals surface area contributed by atoms with Crippen LogP contribution in [-0.2, 0) is 9.59 Å². The van der Waals surface area contributed by atoms with Gasteiger partial charge in [-0.3, -0.25) is 14.4 Å². The SMILES string of the molecule is O=C(CSc1ccc(NC(=O)/C(=C/c2cccc(Cl)c2Cl)NC(=O)c2ccccc2)cc1)Nc1ccccc1. The first-order valence-corrected chi connectivity index (χ1v) is 13.5. The molecule has 0 heterocycles. The zero-order valence-electron chi connectivity index (χ0n) is 20.5. The van der Waals surface area contributed by atoms with E-state index in [1.165, 1.54) is 17.8 Å². The molecule has 0 radical (unpaired) electrons. The Balaban J connectivity index is 1.44. The first-order valence-electron chi connectivity index (χ1n) is 11.8. The zero-order valence-corrected chi connectivity index (χ0v) is 22.8. The van der Waals surface area contributed by atoms with Crippen molar-refractivity contribution in [3.63, 3.8) is 0 Å². The van der Waals surface area contributed by atoms with Crippen molar-refractivity contribution in [2.75, 3.05) is 16.4 Å². The van der Waals surface area contributed by atoms with E-state index >= 15 is 0 Å². The fraction of sp³-hybridized carbons (Fsp3) is 0.0333. The lowest BCUT2D eigenvalue weighted by molar-refractivity contribution is -0.114. The van der Waals surface area contributed by atoms with Crippen molar-refractivity contribution in [1.82, 2.24) is 5.32 Å². The third-order valence-corrected chi connectivity index (χ3v) is 7.20. The molecule has 0 aliphatic rings. The Kier molecular flexibility index (Phi) is 9.80. The highest BCUT2D eigenvalue weighted by Gasteiger charge is 2.16. The summed E-state index contributed by atoms with van der Waals surface area (Å²) < 4.78 is 0. The monoisotopic (exact) mass is 575 g/mol. The second-order valence-electron chi connectivity index (χ2n) is 8.20. The van der Waals surface area contributed by atoms with E-state index in [0.717, 1.165) is 10.6 Å². The van der Waals surface area contributed by atoms with E-state index < -0.39 is 11.8 Å². The third kappa shape index (κ3) is 8.22. The predicted molar refractivity (Wildman–Crippen MR) is 159 cm³/mol. The van der Waals surface area contributed by atoms with Gasteiger partial charge in [-0.2, -0.15) is 0 Å². The minimum Gasteiger partial charge on any atom is -0.325 e. The maximum atomic E-state index is 13.2. The first-order chi connectivity index (χ1) is 18.9. The molecule has 3 N–H and O–H groups in total. The van der Waals surface area contributed by atoms with Gasteiger partial charge in [-0.15, -0.1) is 11.8 Å². The molecule has 196 valence electrons. The molecule has 0 aromatic heterocycles. The molecule has 9 heteroatoms. The molecule has 0 spiro atoms. The minimum absolute atomic E-state index is 0.0101. The average molecular weight is 577 g/mol. The van der Waals surface area contributed by atoms with Crippen LogP contribution in [0.4, 0.5) is 11.4 Å². The van der Waals surface area contributed by atoms with E-state index in [1.807, 2.05) is 30.3 Å². The molecule has 0 aliphatic carbocycles. The van der Waals surface area contributed by atoms with Crippen LogP contribution in [0.2, 0.25) is 10.0 Å². The lowest BCUT2D eigenvalue weighted by Gasteiger charge is -2.12. The minimum atomic E-state index is -0.544. The molecule has 0 aliphatic heterocycles. The van der Waals surface area contributed by atoms with E-state index in [9.17, 15) is 14.4 Å². The van der Waals surface area contributed by atoms with Crippen molar-refractivity contribution in [1.29, 1.82) is 0 Å². The summed E-state index contributed by atoms with van der Waals surface area (Å²) in [4.78, 5) is 39.1. The largest absolute Gasteiger partial charge is 0.325 e. The molecule has 4 rings (SSSR count). The van der Waals surface area contributed by atoms with Gasteiger partial charge in [0.2, 0.25) is 5.91 Å². The van der Waals surface area contributed by atoms with Crippen LogP contribution < -0.4 is 16.0 Å². The number of para-hydroxylation sites is 1. The quantitative estimate of drug-likeness (QED) is 0.146. The summed E-state index contributed by atoms with van der Waals surface area (Å²) >= 11 is 13.8. The number of nitrogens with one attached hydrogen (secondary N) is 3. The fourth-order valence-electron chi connectivity index (χ4n) is 3.43. The van der Waals surface area contributed by atoms with Crippen LogP contribution in [0.5, 0.6) is 0 Å². The molecule has 3 amide bonds. The zero-order chi connectivity index (χ0) is 27.6. The summed E-state index contributed by atoms with van der Waals surface area (Å²) in [5.41, 5.74) is 2.11. The average Bonchev–Trinajstić information content (AvgIpc) is 2.95. The Morgan fingerprint density at radius 3 is 2.05 bits per heavy atom. The first kappa shape index (κ1) is 28.0. The van der Waals surface area contributed by atoms with Gasteiger partial charge in [-0.25, -0.2) is 0 Å². The van der Waals surface area contributed by atoms with Gasteiger partial charge in [-0.05, 0) is 66.2 Å². The van der Waals surface area contributed by atoms with Crippen LogP contribution in [-0.4, -0.2) is 23.5 Å². The van der Waals surface area contributed by atoms with Crippen LogP contribution in [0.25, 0.3) is 6.08 Å². The topological polar surface area (TPSA) is 87.3 Å². The summed E-state index contributed by atoms with van der Waals surface area (Å²) in [5, 5.41) is 8.89. The van der Waals surface area contributed by atoms with E-state index in [1.54, 1.807) is 72.8 Å². The number of carbonyl (C=O) groups is 3. The molecule has 0 saturated heterocycles. The summed E-state index contributed by atoms with van der Waals surface area (Å²) in [6.45, 7) is 0. The lowest BCUT2D eigenvalue weighted by atomic mass is 10.1. The number of thioether (sulfide) groups is 1. The van der Waals surface area contributed by atoms with Gasteiger partial charge in [0.15, 0.2) is 0 Å². The second-order valence-corrected chi connectivity index (χ2v) is 10.0. The van der Waals surface area contributed by atoms with Gasteiger partial charge in [0.05, 0.1) is 15.8 Å². The standard InChI is InChI=1S/C30H23Cl2N3O3S/c31-25-13-7-10-21(28(25)32)18-26(35-29(37)20-8-3-1-4-9-20)30(38)34-23-14-16-24(17-15-23)39-19-27(36)33-22-11-5-2-6-12-22/h1-18H,19H2,(H,33,36)(H,34,38)(H,35,37)/b26-18-. The molecule has 4 aromatic rings. The summed E-state index contributed by atoms with van der Waals surface area (Å²) in [7, 11) is 0. The molecule has 0 saturated carbocycles. The van der Waals surface area contributed by atoms with E-state index in [2.05, 4.69) is 16.0 Å². The Bertz CT molecular complexity index is 1500.